The minimum Gasteiger partial charge on any atom is -0.378 e. The van der Waals surface area contributed by atoms with Gasteiger partial charge in [-0.1, -0.05) is 11.6 Å². The molecule has 4 rings (SSSR count). The molecule has 1 aliphatic carbocycles. The Bertz CT molecular complexity index is 852. The van der Waals surface area contributed by atoms with Gasteiger partial charge in [0.05, 0.1) is 13.2 Å². The molecule has 6 nitrogen and oxygen atoms in total. The smallest absolute Gasteiger partial charge is 0.227 e. The molecule has 1 unspecified atom stereocenters. The summed E-state index contributed by atoms with van der Waals surface area (Å²) in [4.78, 5) is 24.1. The van der Waals surface area contributed by atoms with E-state index in [2.05, 4.69) is 15.2 Å². The fourth-order valence-electron chi connectivity index (χ4n) is 3.60. The lowest BCUT2D eigenvalue weighted by molar-refractivity contribution is -0.120. The number of carbonyl (C=O) groups is 1. The van der Waals surface area contributed by atoms with E-state index in [4.69, 9.17) is 21.3 Å². The van der Waals surface area contributed by atoms with Crippen molar-refractivity contribution in [1.82, 2.24) is 9.97 Å². The van der Waals surface area contributed by atoms with E-state index in [1.807, 2.05) is 31.3 Å². The van der Waals surface area contributed by atoms with Crippen LogP contribution in [0.25, 0.3) is 0 Å². The summed E-state index contributed by atoms with van der Waals surface area (Å²) < 4.78 is 5.39. The average Bonchev–Trinajstić information content (AvgIpc) is 2.70. The Kier molecular flexibility index (Phi) is 5.27. The van der Waals surface area contributed by atoms with Crippen LogP contribution in [0.2, 0.25) is 5.02 Å². The molecule has 27 heavy (non-hydrogen) atoms. The largest absolute Gasteiger partial charge is 0.378 e. The second-order valence-electron chi connectivity index (χ2n) is 7.13. The van der Waals surface area contributed by atoms with Crippen LogP contribution in [0.15, 0.2) is 24.4 Å². The molecule has 142 valence electrons. The van der Waals surface area contributed by atoms with Crippen molar-refractivity contribution < 1.29 is 9.53 Å². The zero-order valence-electron chi connectivity index (χ0n) is 15.4. The number of amides is 1. The first-order chi connectivity index (χ1) is 13.1. The van der Waals surface area contributed by atoms with Crippen LogP contribution in [0.4, 0.5) is 11.6 Å². The highest BCUT2D eigenvalue weighted by atomic mass is 35.5. The van der Waals surface area contributed by atoms with Crippen LogP contribution in [0.1, 0.15) is 23.2 Å². The van der Waals surface area contributed by atoms with Gasteiger partial charge >= 0.3 is 0 Å². The SMILES string of the molecule is Cc1cc(NC(=O)C2CCc3nc(N4CCOCC4)ncc3C2)ccc1Cl. The van der Waals surface area contributed by atoms with Crippen molar-refractivity contribution >= 4 is 29.1 Å². The molecule has 7 heteroatoms. The van der Waals surface area contributed by atoms with E-state index in [0.717, 1.165) is 54.4 Å². The summed E-state index contributed by atoms with van der Waals surface area (Å²) in [7, 11) is 0. The van der Waals surface area contributed by atoms with Crippen LogP contribution >= 0.6 is 11.6 Å². The maximum atomic E-state index is 12.7. The molecule has 1 aliphatic heterocycles. The number of morpholine rings is 1. The van der Waals surface area contributed by atoms with E-state index < -0.39 is 0 Å². The predicted molar refractivity (Wildman–Crippen MR) is 105 cm³/mol. The number of halogens is 1. The maximum Gasteiger partial charge on any atom is 0.227 e. The number of hydrogen-bond donors (Lipinski definition) is 1. The number of nitrogens with zero attached hydrogens (tertiary/aromatic N) is 3. The molecule has 2 heterocycles. The van der Waals surface area contributed by atoms with E-state index >= 15 is 0 Å². The number of hydrogen-bond acceptors (Lipinski definition) is 5. The minimum atomic E-state index is -0.0636. The van der Waals surface area contributed by atoms with Gasteiger partial charge in [0, 0.05) is 41.6 Å². The van der Waals surface area contributed by atoms with Crippen LogP contribution in [0, 0.1) is 12.8 Å². The van der Waals surface area contributed by atoms with Gasteiger partial charge in [-0.15, -0.1) is 0 Å². The number of carbonyl (C=O) groups excluding carboxylic acids is 1. The first kappa shape index (κ1) is 18.2. The van der Waals surface area contributed by atoms with Crippen molar-refractivity contribution in [3.05, 3.63) is 46.2 Å². The molecular formula is C20H23ClN4O2. The molecule has 1 fully saturated rings. The van der Waals surface area contributed by atoms with Gasteiger partial charge in [-0.25, -0.2) is 9.97 Å². The Labute approximate surface area is 163 Å². The summed E-state index contributed by atoms with van der Waals surface area (Å²) >= 11 is 6.05. The summed E-state index contributed by atoms with van der Waals surface area (Å²) in [5.41, 5.74) is 3.88. The Morgan fingerprint density at radius 2 is 2.15 bits per heavy atom. The molecule has 0 bridgehead atoms. The van der Waals surface area contributed by atoms with Crippen LogP contribution in [0.3, 0.4) is 0 Å². The molecule has 1 N–H and O–H groups in total. The first-order valence-corrected chi connectivity index (χ1v) is 9.72. The van der Waals surface area contributed by atoms with E-state index in [0.29, 0.717) is 24.7 Å². The van der Waals surface area contributed by atoms with E-state index in [1.54, 1.807) is 0 Å². The molecule has 1 saturated heterocycles. The van der Waals surface area contributed by atoms with Gasteiger partial charge < -0.3 is 15.0 Å². The van der Waals surface area contributed by atoms with Crippen LogP contribution in [-0.4, -0.2) is 42.2 Å². The fourth-order valence-corrected chi connectivity index (χ4v) is 3.72. The summed E-state index contributed by atoms with van der Waals surface area (Å²) in [6, 6.07) is 5.54. The number of ether oxygens (including phenoxy) is 1. The van der Waals surface area contributed by atoms with Gasteiger partial charge in [0.2, 0.25) is 11.9 Å². The van der Waals surface area contributed by atoms with Crippen LogP contribution in [-0.2, 0) is 22.4 Å². The summed E-state index contributed by atoms with van der Waals surface area (Å²) in [6.07, 6.45) is 4.16. The topological polar surface area (TPSA) is 67.4 Å². The standard InChI is InChI=1S/C20H23ClN4O2/c1-13-10-16(3-4-17(13)21)23-19(26)14-2-5-18-15(11-14)12-22-20(24-18)25-6-8-27-9-7-25/h3-4,10,12,14H,2,5-9,11H2,1H3,(H,23,26). The summed E-state index contributed by atoms with van der Waals surface area (Å²) in [6.45, 7) is 5.01. The van der Waals surface area contributed by atoms with Gasteiger partial charge in [-0.2, -0.15) is 0 Å². The second-order valence-corrected chi connectivity index (χ2v) is 7.54. The lowest BCUT2D eigenvalue weighted by Crippen LogP contribution is -2.38. The average molecular weight is 387 g/mol. The molecule has 0 saturated carbocycles. The molecule has 1 atom stereocenters. The molecule has 1 amide bonds. The third kappa shape index (κ3) is 4.06. The first-order valence-electron chi connectivity index (χ1n) is 9.34. The third-order valence-electron chi connectivity index (χ3n) is 5.23. The van der Waals surface area contributed by atoms with E-state index in [1.165, 1.54) is 0 Å². The third-order valence-corrected chi connectivity index (χ3v) is 5.65. The zero-order chi connectivity index (χ0) is 18.8. The Morgan fingerprint density at radius 1 is 1.33 bits per heavy atom. The van der Waals surface area contributed by atoms with Gasteiger partial charge in [0.25, 0.3) is 0 Å². The molecule has 0 spiro atoms. The number of nitrogens with one attached hydrogen (secondary N) is 1. The van der Waals surface area contributed by atoms with Gasteiger partial charge in [0.15, 0.2) is 0 Å². The predicted octanol–water partition coefficient (Wildman–Crippen LogP) is 3.02. The molecule has 0 radical (unpaired) electrons. The molecule has 1 aromatic heterocycles. The minimum absolute atomic E-state index is 0.0413. The highest BCUT2D eigenvalue weighted by Gasteiger charge is 2.27. The highest BCUT2D eigenvalue weighted by molar-refractivity contribution is 6.31. The quantitative estimate of drug-likeness (QED) is 0.878. The number of aryl methyl sites for hydroxylation is 2. The maximum absolute atomic E-state index is 12.7. The Morgan fingerprint density at radius 3 is 2.93 bits per heavy atom. The lowest BCUT2D eigenvalue weighted by atomic mass is 9.86. The number of fused-ring (bicyclic) bond motifs is 1. The number of rotatable bonds is 3. The number of anilines is 2. The fraction of sp³-hybridized carbons (Fsp3) is 0.450. The second kappa shape index (κ2) is 7.82. The van der Waals surface area contributed by atoms with Crippen molar-refractivity contribution in [3.63, 3.8) is 0 Å². The number of benzene rings is 1. The summed E-state index contributed by atoms with van der Waals surface area (Å²) in [5.74, 6) is 0.752. The molecule has 1 aromatic carbocycles. The van der Waals surface area contributed by atoms with Gasteiger partial charge in [0.1, 0.15) is 0 Å². The molecule has 2 aliphatic rings. The van der Waals surface area contributed by atoms with Gasteiger partial charge in [-0.05, 0) is 55.5 Å². The van der Waals surface area contributed by atoms with E-state index in [-0.39, 0.29) is 11.8 Å². The Balaban J connectivity index is 1.43. The molecule has 2 aromatic rings. The normalized spacial score (nSPS) is 19.5. The highest BCUT2D eigenvalue weighted by Crippen LogP contribution is 2.27. The monoisotopic (exact) mass is 386 g/mol. The number of aromatic nitrogens is 2. The van der Waals surface area contributed by atoms with Crippen LogP contribution in [0.5, 0.6) is 0 Å². The zero-order valence-corrected chi connectivity index (χ0v) is 16.1. The lowest BCUT2D eigenvalue weighted by Gasteiger charge is -2.28. The van der Waals surface area contributed by atoms with Crippen molar-refractivity contribution in [2.24, 2.45) is 5.92 Å². The Hall–Kier alpha value is -2.18. The van der Waals surface area contributed by atoms with Crippen molar-refractivity contribution in [3.8, 4) is 0 Å². The van der Waals surface area contributed by atoms with Crippen LogP contribution < -0.4 is 10.2 Å². The van der Waals surface area contributed by atoms with E-state index in [9.17, 15) is 4.79 Å². The van der Waals surface area contributed by atoms with Crippen molar-refractivity contribution in [2.45, 2.75) is 26.2 Å². The van der Waals surface area contributed by atoms with Crippen molar-refractivity contribution in [2.75, 3.05) is 36.5 Å². The van der Waals surface area contributed by atoms with Crippen molar-refractivity contribution in [1.29, 1.82) is 0 Å². The molecular weight excluding hydrogens is 364 g/mol. The summed E-state index contributed by atoms with van der Waals surface area (Å²) in [5, 5.41) is 3.71. The van der Waals surface area contributed by atoms with Gasteiger partial charge in [-0.3, -0.25) is 4.79 Å².